The summed E-state index contributed by atoms with van der Waals surface area (Å²) in [5.41, 5.74) is 8.44. The van der Waals surface area contributed by atoms with Crippen LogP contribution >= 0.6 is 0 Å². The second-order valence-electron chi connectivity index (χ2n) is 5.36. The Morgan fingerprint density at radius 3 is 3.00 bits per heavy atom. The van der Waals surface area contributed by atoms with E-state index in [9.17, 15) is 4.39 Å². The molecule has 0 amide bonds. The van der Waals surface area contributed by atoms with Crippen molar-refractivity contribution in [2.45, 2.75) is 12.5 Å². The Morgan fingerprint density at radius 1 is 1.24 bits per heavy atom. The first kappa shape index (κ1) is 12.2. The van der Waals surface area contributed by atoms with Crippen LogP contribution in [0.25, 0.3) is 10.9 Å². The molecule has 5 heteroatoms. The van der Waals surface area contributed by atoms with Crippen LogP contribution in [0.2, 0.25) is 0 Å². The molecule has 2 heterocycles. The molecule has 0 saturated carbocycles. The van der Waals surface area contributed by atoms with Crippen LogP contribution in [0.15, 0.2) is 42.5 Å². The zero-order chi connectivity index (χ0) is 14.4. The minimum atomic E-state index is -0.265. The Morgan fingerprint density at radius 2 is 2.14 bits per heavy atom. The van der Waals surface area contributed by atoms with Crippen LogP contribution in [-0.4, -0.2) is 16.3 Å². The highest BCUT2D eigenvalue weighted by Crippen LogP contribution is 2.34. The highest BCUT2D eigenvalue weighted by molar-refractivity contribution is 5.90. The van der Waals surface area contributed by atoms with Crippen molar-refractivity contribution in [2.24, 2.45) is 0 Å². The fraction of sp³-hybridized carbons (Fsp3) is 0.188. The molecule has 1 unspecified atom stereocenters. The zero-order valence-electron chi connectivity index (χ0n) is 11.4. The number of nitrogens with one attached hydrogen (secondary N) is 1. The molecule has 0 radical (unpaired) electrons. The molecule has 1 aromatic heterocycles. The number of nitrogens with zero attached hydrogens (tertiary/aromatic N) is 2. The number of anilines is 2. The van der Waals surface area contributed by atoms with Crippen LogP contribution in [0, 0.1) is 5.82 Å². The van der Waals surface area contributed by atoms with Gasteiger partial charge in [0.05, 0.1) is 11.6 Å². The van der Waals surface area contributed by atoms with Crippen molar-refractivity contribution >= 4 is 22.4 Å². The molecule has 106 valence electrons. The molecular formula is C16H15FN4. The van der Waals surface area contributed by atoms with E-state index >= 15 is 0 Å². The van der Waals surface area contributed by atoms with Gasteiger partial charge in [-0.3, -0.25) is 0 Å². The Hall–Kier alpha value is -2.56. The number of hydrogen-bond acceptors (Lipinski definition) is 3. The number of benzene rings is 2. The molecule has 2 aromatic carbocycles. The summed E-state index contributed by atoms with van der Waals surface area (Å²) in [5.74, 6) is 0.683. The normalized spacial score (nSPS) is 17.5. The minimum absolute atomic E-state index is 0.125. The zero-order valence-corrected chi connectivity index (χ0v) is 11.4. The molecule has 1 atom stereocenters. The summed E-state index contributed by atoms with van der Waals surface area (Å²) in [6, 6.07) is 12.7. The lowest BCUT2D eigenvalue weighted by Crippen LogP contribution is -2.24. The van der Waals surface area contributed by atoms with E-state index in [1.165, 1.54) is 12.1 Å². The average Bonchev–Trinajstić information content (AvgIpc) is 2.84. The number of hydrogen-bond donors (Lipinski definition) is 2. The van der Waals surface area contributed by atoms with Crippen molar-refractivity contribution in [3.8, 4) is 0 Å². The van der Waals surface area contributed by atoms with Gasteiger partial charge in [0.2, 0.25) is 0 Å². The fourth-order valence-electron chi connectivity index (χ4n) is 3.00. The molecule has 21 heavy (non-hydrogen) atoms. The van der Waals surface area contributed by atoms with Crippen molar-refractivity contribution in [3.05, 3.63) is 53.8 Å². The Bertz CT molecular complexity index is 824. The topological polar surface area (TPSA) is 55.9 Å². The molecule has 1 aliphatic heterocycles. The predicted octanol–water partition coefficient (Wildman–Crippen LogP) is 3.16. The van der Waals surface area contributed by atoms with Gasteiger partial charge in [0, 0.05) is 23.7 Å². The third-order valence-electron chi connectivity index (χ3n) is 3.96. The Labute approximate surface area is 121 Å². The third-order valence-corrected chi connectivity index (χ3v) is 3.96. The fourth-order valence-corrected chi connectivity index (χ4v) is 3.00. The lowest BCUT2D eigenvalue weighted by molar-refractivity contribution is 0.486. The smallest absolute Gasteiger partial charge is 0.132 e. The number of fused-ring (bicyclic) bond motifs is 3. The summed E-state index contributed by atoms with van der Waals surface area (Å²) in [6.07, 6.45) is 0.924. The molecule has 0 spiro atoms. The molecule has 0 aliphatic carbocycles. The standard InChI is InChI=1S/C16H15FN4/c17-11-4-5-13-14(9-11)20-21-15(6-7-19-16(13)21)10-2-1-3-12(18)8-10/h1-5,8-9,15,19H,6-7,18H2. The van der Waals surface area contributed by atoms with E-state index in [1.54, 1.807) is 6.07 Å². The summed E-state index contributed by atoms with van der Waals surface area (Å²) >= 11 is 0. The van der Waals surface area contributed by atoms with Crippen LogP contribution in [0.3, 0.4) is 0 Å². The summed E-state index contributed by atoms with van der Waals surface area (Å²) in [4.78, 5) is 0. The second kappa shape index (κ2) is 4.48. The first-order valence-corrected chi connectivity index (χ1v) is 6.99. The molecule has 4 nitrogen and oxygen atoms in total. The van der Waals surface area contributed by atoms with Gasteiger partial charge in [0.25, 0.3) is 0 Å². The van der Waals surface area contributed by atoms with E-state index in [1.807, 2.05) is 22.9 Å². The van der Waals surface area contributed by atoms with Crippen LogP contribution in [0.1, 0.15) is 18.0 Å². The predicted molar refractivity (Wildman–Crippen MR) is 81.8 cm³/mol. The quantitative estimate of drug-likeness (QED) is 0.674. The van der Waals surface area contributed by atoms with E-state index in [-0.39, 0.29) is 11.9 Å². The highest BCUT2D eigenvalue weighted by Gasteiger charge is 2.24. The van der Waals surface area contributed by atoms with Gasteiger partial charge < -0.3 is 11.1 Å². The van der Waals surface area contributed by atoms with Crippen molar-refractivity contribution in [1.29, 1.82) is 0 Å². The highest BCUT2D eigenvalue weighted by atomic mass is 19.1. The molecule has 0 fully saturated rings. The maximum atomic E-state index is 13.4. The van der Waals surface area contributed by atoms with E-state index in [2.05, 4.69) is 16.5 Å². The molecule has 4 rings (SSSR count). The lowest BCUT2D eigenvalue weighted by atomic mass is 10.0. The maximum absolute atomic E-state index is 13.4. The Kier molecular flexibility index (Phi) is 2.60. The van der Waals surface area contributed by atoms with Gasteiger partial charge in [-0.25, -0.2) is 9.07 Å². The van der Waals surface area contributed by atoms with E-state index in [0.717, 1.165) is 35.4 Å². The first-order valence-electron chi connectivity index (χ1n) is 6.99. The summed E-state index contributed by atoms with van der Waals surface area (Å²) in [5, 5.41) is 8.89. The van der Waals surface area contributed by atoms with Crippen molar-refractivity contribution < 1.29 is 4.39 Å². The molecule has 3 N–H and O–H groups in total. The van der Waals surface area contributed by atoms with Gasteiger partial charge in [-0.05, 0) is 36.2 Å². The number of nitrogens with two attached hydrogens (primary N) is 1. The van der Waals surface area contributed by atoms with Gasteiger partial charge in [0.15, 0.2) is 0 Å². The Balaban J connectivity index is 1.90. The average molecular weight is 282 g/mol. The van der Waals surface area contributed by atoms with Crippen LogP contribution in [0.5, 0.6) is 0 Å². The van der Waals surface area contributed by atoms with Gasteiger partial charge in [-0.15, -0.1) is 0 Å². The number of rotatable bonds is 1. The number of nitrogen functional groups attached to an aromatic ring is 1. The lowest BCUT2D eigenvalue weighted by Gasteiger charge is -2.26. The molecule has 0 bridgehead atoms. The molecular weight excluding hydrogens is 267 g/mol. The summed E-state index contributed by atoms with van der Waals surface area (Å²) in [7, 11) is 0. The third kappa shape index (κ3) is 1.93. The molecule has 3 aromatic rings. The van der Waals surface area contributed by atoms with Crippen LogP contribution in [-0.2, 0) is 0 Å². The van der Waals surface area contributed by atoms with E-state index < -0.39 is 0 Å². The largest absolute Gasteiger partial charge is 0.399 e. The van der Waals surface area contributed by atoms with Gasteiger partial charge >= 0.3 is 0 Å². The van der Waals surface area contributed by atoms with Crippen molar-refractivity contribution in [3.63, 3.8) is 0 Å². The monoisotopic (exact) mass is 282 g/mol. The van der Waals surface area contributed by atoms with Gasteiger partial charge in [-0.1, -0.05) is 12.1 Å². The first-order chi connectivity index (χ1) is 10.2. The SMILES string of the molecule is Nc1cccc(C2CCNc3c4ccc(F)cc4nn32)c1. The summed E-state index contributed by atoms with van der Waals surface area (Å²) in [6.45, 7) is 0.859. The van der Waals surface area contributed by atoms with Gasteiger partial charge in [0.1, 0.15) is 11.6 Å². The molecule has 1 aliphatic rings. The number of halogens is 1. The van der Waals surface area contributed by atoms with Crippen LogP contribution < -0.4 is 11.1 Å². The molecule has 0 saturated heterocycles. The van der Waals surface area contributed by atoms with E-state index in [4.69, 9.17) is 5.73 Å². The maximum Gasteiger partial charge on any atom is 0.132 e. The van der Waals surface area contributed by atoms with Crippen molar-refractivity contribution in [1.82, 2.24) is 9.78 Å². The van der Waals surface area contributed by atoms with Gasteiger partial charge in [-0.2, -0.15) is 5.10 Å². The van der Waals surface area contributed by atoms with Crippen molar-refractivity contribution in [2.75, 3.05) is 17.6 Å². The summed E-state index contributed by atoms with van der Waals surface area (Å²) < 4.78 is 15.3. The van der Waals surface area contributed by atoms with E-state index in [0.29, 0.717) is 5.52 Å². The minimum Gasteiger partial charge on any atom is -0.399 e. The second-order valence-corrected chi connectivity index (χ2v) is 5.36. The number of aromatic nitrogens is 2. The van der Waals surface area contributed by atoms with Crippen LogP contribution in [0.4, 0.5) is 15.9 Å².